The number of carbonyl (C=O) groups excluding carboxylic acids is 1. The first kappa shape index (κ1) is 22.2. The molecule has 23 heavy (non-hydrogen) atoms. The lowest BCUT2D eigenvalue weighted by molar-refractivity contribution is -0.142. The molecule has 0 aromatic carbocycles. The maximum Gasteiger partial charge on any atom is 0.319 e. The van der Waals surface area contributed by atoms with Gasteiger partial charge in [-0.2, -0.15) is 5.26 Å². The molecular formula is C17H31NO4S. The second kappa shape index (κ2) is 16.1. The molecule has 0 aliphatic carbocycles. The average molecular weight is 346 g/mol. The van der Waals surface area contributed by atoms with Crippen LogP contribution in [0.4, 0.5) is 0 Å². The number of ether oxygens (including phenoxy) is 3. The molecule has 0 amide bonds. The molecule has 1 unspecified atom stereocenters. The predicted molar refractivity (Wildman–Crippen MR) is 93.2 cm³/mol. The molecule has 1 atom stereocenters. The Balaban J connectivity index is 4.22. The Morgan fingerprint density at radius 2 is 1.70 bits per heavy atom. The van der Waals surface area contributed by atoms with E-state index in [1.54, 1.807) is 11.8 Å². The van der Waals surface area contributed by atoms with E-state index < -0.39 is 0 Å². The molecule has 0 aromatic heterocycles. The highest BCUT2D eigenvalue weighted by atomic mass is 32.2. The fourth-order valence-electron chi connectivity index (χ4n) is 2.10. The maximum atomic E-state index is 12.1. The Hall–Kier alpha value is -0.770. The van der Waals surface area contributed by atoms with Gasteiger partial charge in [0, 0.05) is 25.4 Å². The summed E-state index contributed by atoms with van der Waals surface area (Å²) in [5.41, 5.74) is 0. The van der Waals surface area contributed by atoms with Crippen LogP contribution in [0.15, 0.2) is 0 Å². The number of hydrogen-bond acceptors (Lipinski definition) is 6. The molecule has 0 spiro atoms. The summed E-state index contributed by atoms with van der Waals surface area (Å²) in [5, 5.41) is 8.34. The highest BCUT2D eigenvalue weighted by Gasteiger charge is 2.22. The van der Waals surface area contributed by atoms with E-state index >= 15 is 0 Å². The number of carbonyl (C=O) groups is 1. The summed E-state index contributed by atoms with van der Waals surface area (Å²) in [6, 6.07) is 2.15. The lowest BCUT2D eigenvalue weighted by atomic mass is 10.1. The lowest BCUT2D eigenvalue weighted by Gasteiger charge is -2.20. The molecule has 0 N–H and O–H groups in total. The van der Waals surface area contributed by atoms with Gasteiger partial charge in [0.15, 0.2) is 6.29 Å². The van der Waals surface area contributed by atoms with Crippen LogP contribution in [0, 0.1) is 11.3 Å². The lowest BCUT2D eigenvalue weighted by Crippen LogP contribution is -2.26. The number of unbranched alkanes of at least 4 members (excludes halogenated alkanes) is 4. The van der Waals surface area contributed by atoms with Gasteiger partial charge in [0.25, 0.3) is 0 Å². The summed E-state index contributed by atoms with van der Waals surface area (Å²) >= 11 is 1.55. The highest BCUT2D eigenvalue weighted by Crippen LogP contribution is 2.22. The van der Waals surface area contributed by atoms with E-state index in [-0.39, 0.29) is 17.5 Å². The van der Waals surface area contributed by atoms with Crippen molar-refractivity contribution in [3.8, 4) is 6.07 Å². The Bertz CT molecular complexity index is 327. The number of nitriles is 1. The van der Waals surface area contributed by atoms with Gasteiger partial charge in [0.2, 0.25) is 0 Å². The minimum absolute atomic E-state index is 0.152. The third-order valence-electron chi connectivity index (χ3n) is 3.19. The summed E-state index contributed by atoms with van der Waals surface area (Å²) < 4.78 is 16.2. The molecule has 0 radical (unpaired) electrons. The van der Waals surface area contributed by atoms with Gasteiger partial charge in [-0.15, -0.1) is 11.8 Å². The molecule has 134 valence electrons. The molecule has 0 heterocycles. The molecule has 0 aliphatic heterocycles. The van der Waals surface area contributed by atoms with E-state index in [9.17, 15) is 4.79 Å². The van der Waals surface area contributed by atoms with Gasteiger partial charge in [0.05, 0.1) is 12.7 Å². The fraction of sp³-hybridized carbons (Fsp3) is 0.882. The molecule has 6 heteroatoms. The SMILES string of the molecule is CCOC(=O)C(CCCCCCC#N)SCC(OCC)OCC. The van der Waals surface area contributed by atoms with Gasteiger partial charge >= 0.3 is 5.97 Å². The van der Waals surface area contributed by atoms with E-state index in [4.69, 9.17) is 19.5 Å². The minimum atomic E-state index is -0.275. The number of nitrogens with zero attached hydrogens (tertiary/aromatic N) is 1. The molecule has 0 saturated heterocycles. The largest absolute Gasteiger partial charge is 0.465 e. The zero-order valence-corrected chi connectivity index (χ0v) is 15.5. The second-order valence-corrected chi connectivity index (χ2v) is 6.26. The monoisotopic (exact) mass is 345 g/mol. The van der Waals surface area contributed by atoms with Crippen molar-refractivity contribution in [1.82, 2.24) is 0 Å². The Morgan fingerprint density at radius 3 is 2.26 bits per heavy atom. The van der Waals surface area contributed by atoms with Crippen molar-refractivity contribution in [2.45, 2.75) is 70.8 Å². The van der Waals surface area contributed by atoms with E-state index in [0.29, 0.717) is 32.0 Å². The third kappa shape index (κ3) is 12.3. The topological polar surface area (TPSA) is 68.6 Å². The van der Waals surface area contributed by atoms with Gasteiger partial charge in [-0.05, 0) is 33.6 Å². The van der Waals surface area contributed by atoms with Crippen molar-refractivity contribution in [1.29, 1.82) is 5.26 Å². The van der Waals surface area contributed by atoms with Crippen molar-refractivity contribution >= 4 is 17.7 Å². The van der Waals surface area contributed by atoms with Crippen LogP contribution in [-0.2, 0) is 19.0 Å². The Kier molecular flexibility index (Phi) is 15.6. The minimum Gasteiger partial charge on any atom is -0.465 e. The van der Waals surface area contributed by atoms with Crippen LogP contribution in [0.5, 0.6) is 0 Å². The molecular weight excluding hydrogens is 314 g/mol. The summed E-state index contributed by atoms with van der Waals surface area (Å²) in [6.45, 7) is 7.27. The van der Waals surface area contributed by atoms with Gasteiger partial charge < -0.3 is 14.2 Å². The second-order valence-electron chi connectivity index (χ2n) is 5.03. The first-order chi connectivity index (χ1) is 11.2. The molecule has 0 saturated carbocycles. The maximum absolute atomic E-state index is 12.1. The standard InChI is InChI=1S/C17H31NO4S/c1-4-20-16(21-5-2)14-23-15(17(19)22-6-3)12-10-8-7-9-11-13-18/h15-16H,4-12,14H2,1-3H3. The van der Waals surface area contributed by atoms with Crippen molar-refractivity contribution < 1.29 is 19.0 Å². The van der Waals surface area contributed by atoms with Gasteiger partial charge in [-0.1, -0.05) is 19.3 Å². The van der Waals surface area contributed by atoms with Crippen LogP contribution in [0.2, 0.25) is 0 Å². The zero-order valence-electron chi connectivity index (χ0n) is 14.7. The number of hydrogen-bond donors (Lipinski definition) is 0. The highest BCUT2D eigenvalue weighted by molar-refractivity contribution is 8.00. The predicted octanol–water partition coefficient (Wildman–Crippen LogP) is 3.91. The zero-order chi connectivity index (χ0) is 17.3. The van der Waals surface area contributed by atoms with E-state index in [1.807, 2.05) is 20.8 Å². The van der Waals surface area contributed by atoms with Crippen molar-refractivity contribution in [3.63, 3.8) is 0 Å². The molecule has 0 bridgehead atoms. The summed E-state index contributed by atoms with van der Waals surface area (Å²) in [6.07, 6.45) is 5.11. The van der Waals surface area contributed by atoms with Crippen molar-refractivity contribution in [3.05, 3.63) is 0 Å². The van der Waals surface area contributed by atoms with Gasteiger partial charge in [-0.25, -0.2) is 0 Å². The molecule has 5 nitrogen and oxygen atoms in total. The van der Waals surface area contributed by atoms with Crippen LogP contribution in [0.1, 0.15) is 59.3 Å². The van der Waals surface area contributed by atoms with Crippen LogP contribution < -0.4 is 0 Å². The fourth-order valence-corrected chi connectivity index (χ4v) is 3.22. The first-order valence-electron chi connectivity index (χ1n) is 8.57. The van der Waals surface area contributed by atoms with Crippen molar-refractivity contribution in [2.75, 3.05) is 25.6 Å². The quantitative estimate of drug-likeness (QED) is 0.255. The van der Waals surface area contributed by atoms with Gasteiger partial charge in [0.1, 0.15) is 5.25 Å². The summed E-state index contributed by atoms with van der Waals surface area (Å²) in [5.74, 6) is 0.473. The smallest absolute Gasteiger partial charge is 0.319 e. The van der Waals surface area contributed by atoms with Gasteiger partial charge in [-0.3, -0.25) is 4.79 Å². The summed E-state index contributed by atoms with van der Waals surface area (Å²) in [4.78, 5) is 12.1. The number of rotatable bonds is 15. The molecule has 0 fully saturated rings. The van der Waals surface area contributed by atoms with E-state index in [0.717, 1.165) is 32.1 Å². The van der Waals surface area contributed by atoms with E-state index in [1.165, 1.54) is 0 Å². The number of thioether (sulfide) groups is 1. The first-order valence-corrected chi connectivity index (χ1v) is 9.62. The van der Waals surface area contributed by atoms with Crippen LogP contribution in [0.3, 0.4) is 0 Å². The normalized spacial score (nSPS) is 12.1. The van der Waals surface area contributed by atoms with E-state index in [2.05, 4.69) is 6.07 Å². The van der Waals surface area contributed by atoms with Crippen molar-refractivity contribution in [2.24, 2.45) is 0 Å². The third-order valence-corrected chi connectivity index (χ3v) is 4.49. The number of esters is 1. The summed E-state index contributed by atoms with van der Waals surface area (Å²) in [7, 11) is 0. The molecule has 0 aromatic rings. The molecule has 0 aliphatic rings. The van der Waals surface area contributed by atoms with Crippen LogP contribution in [-0.4, -0.2) is 43.1 Å². The molecule has 0 rings (SSSR count). The average Bonchev–Trinajstić information content (AvgIpc) is 2.53. The van der Waals surface area contributed by atoms with Crippen LogP contribution in [0.25, 0.3) is 0 Å². The van der Waals surface area contributed by atoms with Crippen LogP contribution >= 0.6 is 11.8 Å². The Morgan fingerprint density at radius 1 is 1.04 bits per heavy atom. The Labute approximate surface area is 145 Å².